The fraction of sp³-hybridized carbons (Fsp3) is 0.222. The highest BCUT2D eigenvalue weighted by Gasteiger charge is 2.23. The third-order valence-electron chi connectivity index (χ3n) is 3.96. The molecule has 132 valence electrons. The minimum Gasteiger partial charge on any atom is -0.385 e. The van der Waals surface area contributed by atoms with Crippen LogP contribution < -0.4 is 15.5 Å². The van der Waals surface area contributed by atoms with Crippen LogP contribution in [0.1, 0.15) is 23.2 Å². The third-order valence-corrected chi connectivity index (χ3v) is 3.96. The first kappa shape index (κ1) is 16.1. The van der Waals surface area contributed by atoms with Gasteiger partial charge in [-0.15, -0.1) is 5.10 Å². The molecule has 1 aliphatic carbocycles. The lowest BCUT2D eigenvalue weighted by molar-refractivity contribution is -0.121. The maximum atomic E-state index is 12.1. The molecule has 1 aliphatic rings. The summed E-state index contributed by atoms with van der Waals surface area (Å²) in [6, 6.07) is 14.4. The molecule has 2 N–H and O–H groups in total. The van der Waals surface area contributed by atoms with E-state index in [2.05, 4.69) is 20.9 Å². The van der Waals surface area contributed by atoms with Crippen molar-refractivity contribution in [2.45, 2.75) is 18.9 Å². The van der Waals surface area contributed by atoms with Crippen molar-refractivity contribution < 1.29 is 14.4 Å². The SMILES string of the molecule is O=C(COn1nnc2ccccc21)Nc1cccc(C(=O)NC2CC2)c1. The molecule has 4 rings (SSSR count). The summed E-state index contributed by atoms with van der Waals surface area (Å²) >= 11 is 0. The first-order valence-corrected chi connectivity index (χ1v) is 8.33. The van der Waals surface area contributed by atoms with Gasteiger partial charge in [0, 0.05) is 17.3 Å². The molecule has 0 atom stereocenters. The lowest BCUT2D eigenvalue weighted by Gasteiger charge is -2.09. The first-order valence-electron chi connectivity index (χ1n) is 8.33. The molecule has 0 saturated heterocycles. The van der Waals surface area contributed by atoms with Crippen LogP contribution in [0, 0.1) is 0 Å². The Kier molecular flexibility index (Phi) is 4.22. The molecule has 1 aromatic heterocycles. The number of nitrogens with one attached hydrogen (secondary N) is 2. The number of amides is 2. The Bertz CT molecular complexity index is 964. The predicted octanol–water partition coefficient (Wildman–Crippen LogP) is 1.39. The molecule has 2 aromatic carbocycles. The molecular weight excluding hydrogens is 334 g/mol. The largest absolute Gasteiger partial charge is 0.385 e. The number of benzene rings is 2. The molecule has 1 heterocycles. The highest BCUT2D eigenvalue weighted by Crippen LogP contribution is 2.20. The highest BCUT2D eigenvalue weighted by atomic mass is 16.7. The van der Waals surface area contributed by atoms with Gasteiger partial charge >= 0.3 is 0 Å². The summed E-state index contributed by atoms with van der Waals surface area (Å²) in [5.41, 5.74) is 2.41. The van der Waals surface area contributed by atoms with Crippen molar-refractivity contribution >= 4 is 28.5 Å². The summed E-state index contributed by atoms with van der Waals surface area (Å²) in [6.45, 7) is -0.230. The summed E-state index contributed by atoms with van der Waals surface area (Å²) in [7, 11) is 0. The average molecular weight is 351 g/mol. The van der Waals surface area contributed by atoms with E-state index in [4.69, 9.17) is 4.84 Å². The number of carbonyl (C=O) groups is 2. The van der Waals surface area contributed by atoms with Gasteiger partial charge in [0.05, 0.1) is 0 Å². The number of fused-ring (bicyclic) bond motifs is 1. The highest BCUT2D eigenvalue weighted by molar-refractivity contribution is 5.97. The minimum atomic E-state index is -0.357. The van der Waals surface area contributed by atoms with Crippen LogP contribution in [-0.2, 0) is 4.79 Å². The zero-order valence-corrected chi connectivity index (χ0v) is 13.9. The van der Waals surface area contributed by atoms with E-state index in [0.717, 1.165) is 12.8 Å². The van der Waals surface area contributed by atoms with E-state index >= 15 is 0 Å². The fourth-order valence-corrected chi connectivity index (χ4v) is 2.49. The molecule has 26 heavy (non-hydrogen) atoms. The molecule has 8 nitrogen and oxygen atoms in total. The standard InChI is InChI=1S/C18H17N5O3/c24-17(11-26-23-16-7-2-1-6-15(16)21-22-23)19-14-5-3-4-12(10-14)18(25)20-13-8-9-13/h1-7,10,13H,8-9,11H2,(H,19,24)(H,20,25). The molecule has 3 aromatic rings. The zero-order valence-electron chi connectivity index (χ0n) is 13.9. The van der Waals surface area contributed by atoms with E-state index in [1.807, 2.05) is 12.1 Å². The molecule has 1 fully saturated rings. The molecule has 1 saturated carbocycles. The van der Waals surface area contributed by atoms with Gasteiger partial charge in [-0.3, -0.25) is 9.59 Å². The maximum absolute atomic E-state index is 12.1. The summed E-state index contributed by atoms with van der Waals surface area (Å²) in [5, 5.41) is 13.4. The smallest absolute Gasteiger partial charge is 0.265 e. The average Bonchev–Trinajstić information content (AvgIpc) is 3.37. The van der Waals surface area contributed by atoms with E-state index in [-0.39, 0.29) is 24.5 Å². The lowest BCUT2D eigenvalue weighted by atomic mass is 10.2. The van der Waals surface area contributed by atoms with Crippen LogP contribution in [0.25, 0.3) is 11.0 Å². The minimum absolute atomic E-state index is 0.131. The Morgan fingerprint density at radius 2 is 2.00 bits per heavy atom. The van der Waals surface area contributed by atoms with Crippen LogP contribution >= 0.6 is 0 Å². The van der Waals surface area contributed by atoms with Crippen LogP contribution in [0.2, 0.25) is 0 Å². The first-order chi connectivity index (χ1) is 12.7. The topological polar surface area (TPSA) is 98.1 Å². The van der Waals surface area contributed by atoms with Crippen LogP contribution in [0.3, 0.4) is 0 Å². The van der Waals surface area contributed by atoms with Gasteiger partial charge in [0.15, 0.2) is 6.61 Å². The monoisotopic (exact) mass is 351 g/mol. The second-order valence-electron chi connectivity index (χ2n) is 6.10. The van der Waals surface area contributed by atoms with Gasteiger partial charge < -0.3 is 15.5 Å². The summed E-state index contributed by atoms with van der Waals surface area (Å²) in [5.74, 6) is -0.488. The summed E-state index contributed by atoms with van der Waals surface area (Å²) in [4.78, 5) is 30.8. The lowest BCUT2D eigenvalue weighted by Crippen LogP contribution is -2.27. The van der Waals surface area contributed by atoms with Crippen LogP contribution in [0.4, 0.5) is 5.69 Å². The number of hydrogen-bond acceptors (Lipinski definition) is 5. The predicted molar refractivity (Wildman–Crippen MR) is 94.5 cm³/mol. The van der Waals surface area contributed by atoms with Crippen LogP contribution in [-0.4, -0.2) is 39.6 Å². The maximum Gasteiger partial charge on any atom is 0.265 e. The summed E-state index contributed by atoms with van der Waals surface area (Å²) < 4.78 is 0. The molecule has 8 heteroatoms. The van der Waals surface area contributed by atoms with E-state index in [9.17, 15) is 9.59 Å². The van der Waals surface area contributed by atoms with Gasteiger partial charge in [-0.25, -0.2) is 0 Å². The molecule has 0 unspecified atom stereocenters. The number of rotatable bonds is 6. The number of anilines is 1. The molecule has 0 aliphatic heterocycles. The van der Waals surface area contributed by atoms with Gasteiger partial charge in [0.2, 0.25) is 0 Å². The number of nitrogens with zero attached hydrogens (tertiary/aromatic N) is 3. The summed E-state index contributed by atoms with van der Waals surface area (Å²) in [6.07, 6.45) is 2.05. The number of aromatic nitrogens is 3. The molecule has 0 bridgehead atoms. The Hall–Kier alpha value is -3.42. The van der Waals surface area contributed by atoms with E-state index < -0.39 is 0 Å². The second kappa shape index (κ2) is 6.83. The van der Waals surface area contributed by atoms with E-state index in [1.54, 1.807) is 36.4 Å². The number of carbonyl (C=O) groups excluding carboxylic acids is 2. The fourth-order valence-electron chi connectivity index (χ4n) is 2.49. The van der Waals surface area contributed by atoms with Crippen molar-refractivity contribution in [1.29, 1.82) is 0 Å². The Morgan fingerprint density at radius 1 is 1.15 bits per heavy atom. The van der Waals surface area contributed by atoms with Crippen molar-refractivity contribution in [3.8, 4) is 0 Å². The molecule has 2 amide bonds. The Morgan fingerprint density at radius 3 is 2.85 bits per heavy atom. The number of hydrogen-bond donors (Lipinski definition) is 2. The van der Waals surface area contributed by atoms with Crippen LogP contribution in [0.15, 0.2) is 48.5 Å². The van der Waals surface area contributed by atoms with Crippen molar-refractivity contribution in [3.05, 3.63) is 54.1 Å². The van der Waals surface area contributed by atoms with Gasteiger partial charge in [-0.2, -0.15) is 0 Å². The molecule has 0 spiro atoms. The van der Waals surface area contributed by atoms with E-state index in [1.165, 1.54) is 4.85 Å². The van der Waals surface area contributed by atoms with Gasteiger partial charge in [-0.1, -0.05) is 23.0 Å². The van der Waals surface area contributed by atoms with Crippen molar-refractivity contribution in [3.63, 3.8) is 0 Å². The Balaban J connectivity index is 1.36. The van der Waals surface area contributed by atoms with Crippen LogP contribution in [0.5, 0.6) is 0 Å². The van der Waals surface area contributed by atoms with Gasteiger partial charge in [-0.05, 0) is 48.4 Å². The zero-order chi connectivity index (χ0) is 17.9. The normalized spacial score (nSPS) is 13.4. The van der Waals surface area contributed by atoms with Gasteiger partial charge in [0.25, 0.3) is 11.8 Å². The van der Waals surface area contributed by atoms with Crippen molar-refractivity contribution in [1.82, 2.24) is 20.5 Å². The van der Waals surface area contributed by atoms with Crippen molar-refractivity contribution in [2.75, 3.05) is 11.9 Å². The quantitative estimate of drug-likeness (QED) is 0.699. The number of para-hydroxylation sites is 1. The van der Waals surface area contributed by atoms with Gasteiger partial charge in [0.1, 0.15) is 11.0 Å². The molecular formula is C18H17N5O3. The second-order valence-corrected chi connectivity index (χ2v) is 6.10. The van der Waals surface area contributed by atoms with Crippen molar-refractivity contribution in [2.24, 2.45) is 0 Å². The Labute approximate surface area is 149 Å². The van der Waals surface area contributed by atoms with E-state index in [0.29, 0.717) is 22.3 Å². The molecule has 0 radical (unpaired) electrons. The third kappa shape index (κ3) is 3.64.